The van der Waals surface area contributed by atoms with Crippen LogP contribution in [0.25, 0.3) is 5.65 Å². The summed E-state index contributed by atoms with van der Waals surface area (Å²) in [6.07, 6.45) is 4.76. The largest absolute Gasteiger partial charge is 0.354 e. The van der Waals surface area contributed by atoms with Gasteiger partial charge >= 0.3 is 6.03 Å². The van der Waals surface area contributed by atoms with E-state index < -0.39 is 0 Å². The summed E-state index contributed by atoms with van der Waals surface area (Å²) in [7, 11) is 0. The van der Waals surface area contributed by atoms with Crippen molar-refractivity contribution < 1.29 is 4.79 Å². The Hall–Kier alpha value is -2.38. The average Bonchev–Trinajstić information content (AvgIpc) is 3.38. The quantitative estimate of drug-likeness (QED) is 0.882. The number of nitrogens with zero attached hydrogens (tertiary/aromatic N) is 6. The molecule has 8 nitrogen and oxygen atoms in total. The predicted molar refractivity (Wildman–Crippen MR) is 97.1 cm³/mol. The molecule has 2 amide bonds. The molecule has 8 heteroatoms. The smallest absolute Gasteiger partial charge is 0.317 e. The summed E-state index contributed by atoms with van der Waals surface area (Å²) in [5.74, 6) is 2.83. The maximum absolute atomic E-state index is 12.5. The number of likely N-dealkylation sites (tertiary alicyclic amines) is 1. The molecule has 2 aromatic rings. The molecule has 0 radical (unpaired) electrons. The van der Waals surface area contributed by atoms with Crippen molar-refractivity contribution in [1.29, 1.82) is 0 Å². The van der Waals surface area contributed by atoms with E-state index in [0.717, 1.165) is 56.3 Å². The Morgan fingerprint density at radius 2 is 1.81 bits per heavy atom. The molecule has 5 rings (SSSR count). The lowest BCUT2D eigenvalue weighted by Gasteiger charge is -2.24. The van der Waals surface area contributed by atoms with Crippen LogP contribution in [0.3, 0.4) is 0 Å². The SMILES string of the molecule is Cc1nnc2ccc(N3CC4CN(C(=O)NC5CCCC5)CC4C3)nn12. The molecule has 3 aliphatic rings. The number of nitrogens with one attached hydrogen (secondary N) is 1. The first kappa shape index (κ1) is 15.8. The number of aryl methyl sites for hydroxylation is 1. The van der Waals surface area contributed by atoms with Gasteiger partial charge in [0.2, 0.25) is 0 Å². The van der Waals surface area contributed by atoms with E-state index in [-0.39, 0.29) is 6.03 Å². The first-order valence-corrected chi connectivity index (χ1v) is 9.67. The molecule has 4 heterocycles. The van der Waals surface area contributed by atoms with Gasteiger partial charge in [0.1, 0.15) is 5.82 Å². The molecule has 1 N–H and O–H groups in total. The fourth-order valence-electron chi connectivity index (χ4n) is 4.74. The van der Waals surface area contributed by atoms with Crippen LogP contribution in [0.1, 0.15) is 31.5 Å². The van der Waals surface area contributed by atoms with E-state index in [0.29, 0.717) is 17.9 Å². The lowest BCUT2D eigenvalue weighted by Crippen LogP contribution is -2.44. The van der Waals surface area contributed by atoms with Crippen LogP contribution in [-0.2, 0) is 0 Å². The zero-order valence-corrected chi connectivity index (χ0v) is 15.1. The van der Waals surface area contributed by atoms with Crippen molar-refractivity contribution in [2.45, 2.75) is 38.6 Å². The minimum absolute atomic E-state index is 0.137. The standard InChI is InChI=1S/C18H25N7O/c1-12-20-21-16-6-7-17(22-25(12)16)23-8-13-10-24(11-14(13)9-23)18(26)19-15-4-2-3-5-15/h6-7,13-15H,2-5,8-11H2,1H3,(H,19,26). The second kappa shape index (κ2) is 6.10. The van der Waals surface area contributed by atoms with Crippen molar-refractivity contribution in [3.8, 4) is 0 Å². The van der Waals surface area contributed by atoms with Crippen molar-refractivity contribution in [2.75, 3.05) is 31.1 Å². The second-order valence-electron chi connectivity index (χ2n) is 7.97. The summed E-state index contributed by atoms with van der Waals surface area (Å²) < 4.78 is 1.80. The summed E-state index contributed by atoms with van der Waals surface area (Å²) in [6.45, 7) is 5.53. The maximum atomic E-state index is 12.5. The molecule has 2 saturated heterocycles. The lowest BCUT2D eigenvalue weighted by molar-refractivity contribution is 0.201. The predicted octanol–water partition coefficient (Wildman–Crippen LogP) is 1.45. The van der Waals surface area contributed by atoms with E-state index >= 15 is 0 Å². The number of aromatic nitrogens is 4. The molecule has 3 fully saturated rings. The first-order valence-electron chi connectivity index (χ1n) is 9.67. The van der Waals surface area contributed by atoms with Crippen molar-refractivity contribution >= 4 is 17.5 Å². The number of hydrogen-bond acceptors (Lipinski definition) is 5. The monoisotopic (exact) mass is 355 g/mol. The van der Waals surface area contributed by atoms with Gasteiger partial charge in [-0.3, -0.25) is 0 Å². The number of anilines is 1. The molecule has 2 atom stereocenters. The number of carbonyl (C=O) groups excluding carboxylic acids is 1. The van der Waals surface area contributed by atoms with Crippen LogP contribution in [0, 0.1) is 18.8 Å². The highest BCUT2D eigenvalue weighted by molar-refractivity contribution is 5.75. The van der Waals surface area contributed by atoms with Crippen LogP contribution in [0.5, 0.6) is 0 Å². The number of fused-ring (bicyclic) bond motifs is 2. The van der Waals surface area contributed by atoms with Gasteiger partial charge in [0.15, 0.2) is 11.5 Å². The Balaban J connectivity index is 1.23. The third-order valence-electron chi connectivity index (χ3n) is 6.18. The minimum Gasteiger partial charge on any atom is -0.354 e. The topological polar surface area (TPSA) is 78.7 Å². The molecule has 1 saturated carbocycles. The highest BCUT2D eigenvalue weighted by atomic mass is 16.2. The van der Waals surface area contributed by atoms with E-state index in [1.807, 2.05) is 24.0 Å². The molecule has 0 aromatic carbocycles. The van der Waals surface area contributed by atoms with E-state index in [2.05, 4.69) is 20.4 Å². The van der Waals surface area contributed by atoms with Crippen LogP contribution < -0.4 is 10.2 Å². The molecule has 2 aromatic heterocycles. The van der Waals surface area contributed by atoms with Crippen molar-refractivity contribution in [2.24, 2.45) is 11.8 Å². The number of urea groups is 1. The fourth-order valence-corrected chi connectivity index (χ4v) is 4.74. The van der Waals surface area contributed by atoms with E-state index in [4.69, 9.17) is 5.10 Å². The van der Waals surface area contributed by atoms with E-state index in [1.165, 1.54) is 12.8 Å². The number of hydrogen-bond donors (Lipinski definition) is 1. The van der Waals surface area contributed by atoms with Crippen molar-refractivity contribution in [3.63, 3.8) is 0 Å². The number of carbonyl (C=O) groups is 1. The van der Waals surface area contributed by atoms with Gasteiger partial charge in [-0.05, 0) is 31.9 Å². The molecular weight excluding hydrogens is 330 g/mol. The number of amides is 2. The highest BCUT2D eigenvalue weighted by Crippen LogP contribution is 2.33. The Morgan fingerprint density at radius 1 is 1.08 bits per heavy atom. The molecule has 138 valence electrons. The average molecular weight is 355 g/mol. The van der Waals surface area contributed by atoms with Gasteiger partial charge in [-0.15, -0.1) is 15.3 Å². The summed E-state index contributed by atoms with van der Waals surface area (Å²) in [6, 6.07) is 4.52. The van der Waals surface area contributed by atoms with E-state index in [9.17, 15) is 4.79 Å². The van der Waals surface area contributed by atoms with Crippen molar-refractivity contribution in [1.82, 2.24) is 30.0 Å². The van der Waals surface area contributed by atoms with Crippen LogP contribution in [0.15, 0.2) is 12.1 Å². The Kier molecular flexibility index (Phi) is 3.72. The van der Waals surface area contributed by atoms with Crippen molar-refractivity contribution in [3.05, 3.63) is 18.0 Å². The molecular formula is C18H25N7O. The fraction of sp³-hybridized carbons (Fsp3) is 0.667. The maximum Gasteiger partial charge on any atom is 0.317 e. The minimum atomic E-state index is 0.137. The summed E-state index contributed by atoms with van der Waals surface area (Å²) in [4.78, 5) is 16.9. The van der Waals surface area contributed by atoms with Gasteiger partial charge in [0, 0.05) is 44.1 Å². The van der Waals surface area contributed by atoms with Gasteiger partial charge in [0.05, 0.1) is 0 Å². The van der Waals surface area contributed by atoms with Gasteiger partial charge in [-0.25, -0.2) is 4.79 Å². The molecule has 0 spiro atoms. The van der Waals surface area contributed by atoms with Crippen LogP contribution in [-0.4, -0.2) is 63.0 Å². The Bertz CT molecular complexity index is 814. The Morgan fingerprint density at radius 3 is 2.54 bits per heavy atom. The summed E-state index contributed by atoms with van der Waals surface area (Å²) in [5.41, 5.74) is 0.778. The van der Waals surface area contributed by atoms with Crippen LogP contribution in [0.2, 0.25) is 0 Å². The molecule has 0 bridgehead atoms. The first-order chi connectivity index (χ1) is 12.7. The van der Waals surface area contributed by atoms with Gasteiger partial charge < -0.3 is 15.1 Å². The van der Waals surface area contributed by atoms with Gasteiger partial charge in [-0.1, -0.05) is 12.8 Å². The molecule has 26 heavy (non-hydrogen) atoms. The normalized spacial score (nSPS) is 26.0. The summed E-state index contributed by atoms with van der Waals surface area (Å²) >= 11 is 0. The van der Waals surface area contributed by atoms with E-state index in [1.54, 1.807) is 4.52 Å². The third-order valence-corrected chi connectivity index (χ3v) is 6.18. The zero-order chi connectivity index (χ0) is 17.7. The summed E-state index contributed by atoms with van der Waals surface area (Å²) in [5, 5.41) is 16.1. The molecule has 2 unspecified atom stereocenters. The van der Waals surface area contributed by atoms with Gasteiger partial charge in [0.25, 0.3) is 0 Å². The lowest BCUT2D eigenvalue weighted by atomic mass is 10.0. The van der Waals surface area contributed by atoms with Crippen LogP contribution >= 0.6 is 0 Å². The molecule has 1 aliphatic carbocycles. The second-order valence-corrected chi connectivity index (χ2v) is 7.97. The zero-order valence-electron chi connectivity index (χ0n) is 15.1. The highest BCUT2D eigenvalue weighted by Gasteiger charge is 2.42. The van der Waals surface area contributed by atoms with Gasteiger partial charge in [-0.2, -0.15) is 4.52 Å². The number of rotatable bonds is 2. The van der Waals surface area contributed by atoms with Crippen LogP contribution in [0.4, 0.5) is 10.6 Å². The molecule has 2 aliphatic heterocycles. The Labute approximate surface area is 152 Å². The third kappa shape index (κ3) is 2.68.